The normalized spacial score (nSPS) is 11.2. The number of aromatic nitrogens is 3. The maximum Gasteiger partial charge on any atom is 0.327 e. The Balaban J connectivity index is 2.04. The summed E-state index contributed by atoms with van der Waals surface area (Å²) < 4.78 is 7.39. The molecule has 108 valence electrons. The van der Waals surface area contributed by atoms with Crippen molar-refractivity contribution >= 4 is 11.2 Å². The molecule has 1 aromatic carbocycles. The number of fused-ring (bicyclic) bond motifs is 1. The van der Waals surface area contributed by atoms with Crippen molar-refractivity contribution in [3.63, 3.8) is 0 Å². The van der Waals surface area contributed by atoms with Crippen LogP contribution in [-0.2, 0) is 7.05 Å². The van der Waals surface area contributed by atoms with Crippen LogP contribution >= 0.6 is 0 Å². The number of imidazole rings is 1. The van der Waals surface area contributed by atoms with Gasteiger partial charge in [-0.15, -0.1) is 0 Å². The number of hydrogen-bond donors (Lipinski definition) is 1. The van der Waals surface area contributed by atoms with Crippen molar-refractivity contribution in [3.05, 3.63) is 52.6 Å². The zero-order chi connectivity index (χ0) is 15.0. The third kappa shape index (κ3) is 2.42. The van der Waals surface area contributed by atoms with Gasteiger partial charge in [0.1, 0.15) is 11.3 Å². The van der Waals surface area contributed by atoms with E-state index in [1.54, 1.807) is 19.3 Å². The van der Waals surface area contributed by atoms with Crippen molar-refractivity contribution in [2.45, 2.75) is 19.8 Å². The van der Waals surface area contributed by atoms with Crippen LogP contribution in [0.5, 0.6) is 11.5 Å². The molecule has 3 aromatic rings. The van der Waals surface area contributed by atoms with Crippen LogP contribution in [-0.4, -0.2) is 14.5 Å². The van der Waals surface area contributed by atoms with Gasteiger partial charge in [0.15, 0.2) is 11.4 Å². The van der Waals surface area contributed by atoms with Crippen molar-refractivity contribution < 1.29 is 4.74 Å². The summed E-state index contributed by atoms with van der Waals surface area (Å²) in [5, 5.41) is 0. The molecule has 0 fully saturated rings. The molecule has 2 aromatic heterocycles. The first kappa shape index (κ1) is 13.4. The van der Waals surface area contributed by atoms with Gasteiger partial charge in [0.25, 0.3) is 0 Å². The number of nitrogens with one attached hydrogen (secondary N) is 1. The minimum absolute atomic E-state index is 0.204. The van der Waals surface area contributed by atoms with Crippen LogP contribution in [0.4, 0.5) is 0 Å². The molecular formula is C16H17N3O2. The van der Waals surface area contributed by atoms with Crippen molar-refractivity contribution in [2.75, 3.05) is 0 Å². The Morgan fingerprint density at radius 2 is 2.10 bits per heavy atom. The molecule has 0 radical (unpaired) electrons. The molecule has 5 nitrogen and oxygen atoms in total. The lowest BCUT2D eigenvalue weighted by atomic mass is 10.0. The minimum Gasteiger partial charge on any atom is -0.455 e. The van der Waals surface area contributed by atoms with E-state index in [-0.39, 0.29) is 5.69 Å². The fourth-order valence-electron chi connectivity index (χ4n) is 2.24. The monoisotopic (exact) mass is 283 g/mol. The average molecular weight is 283 g/mol. The molecule has 0 amide bonds. The number of ether oxygens (including phenoxy) is 1. The highest BCUT2D eigenvalue weighted by Crippen LogP contribution is 2.28. The van der Waals surface area contributed by atoms with Gasteiger partial charge in [-0.25, -0.2) is 9.78 Å². The third-order valence-electron chi connectivity index (χ3n) is 3.50. The topological polar surface area (TPSA) is 59.9 Å². The minimum atomic E-state index is -0.204. The van der Waals surface area contributed by atoms with Gasteiger partial charge in [-0.3, -0.25) is 4.57 Å². The highest BCUT2D eigenvalue weighted by atomic mass is 16.5. The molecule has 0 spiro atoms. The molecule has 2 heterocycles. The summed E-state index contributed by atoms with van der Waals surface area (Å²) in [6, 6.07) is 9.71. The second kappa shape index (κ2) is 5.09. The lowest BCUT2D eigenvalue weighted by molar-refractivity contribution is 0.485. The van der Waals surface area contributed by atoms with Crippen molar-refractivity contribution in [2.24, 2.45) is 7.05 Å². The van der Waals surface area contributed by atoms with E-state index in [0.29, 0.717) is 22.8 Å². The number of rotatable bonds is 3. The van der Waals surface area contributed by atoms with Gasteiger partial charge in [0.05, 0.1) is 0 Å². The van der Waals surface area contributed by atoms with E-state index in [1.807, 2.05) is 18.2 Å². The van der Waals surface area contributed by atoms with Crippen LogP contribution in [0, 0.1) is 0 Å². The predicted molar refractivity (Wildman–Crippen MR) is 81.9 cm³/mol. The molecule has 0 atom stereocenters. The Bertz CT molecular complexity index is 846. The second-order valence-corrected chi connectivity index (χ2v) is 5.33. The number of pyridine rings is 1. The number of H-pyrrole nitrogens is 1. The number of benzene rings is 1. The van der Waals surface area contributed by atoms with Gasteiger partial charge in [0, 0.05) is 19.3 Å². The van der Waals surface area contributed by atoms with Crippen molar-refractivity contribution in [1.29, 1.82) is 0 Å². The summed E-state index contributed by atoms with van der Waals surface area (Å²) in [7, 11) is 1.68. The summed E-state index contributed by atoms with van der Waals surface area (Å²) in [4.78, 5) is 18.7. The highest BCUT2D eigenvalue weighted by Gasteiger charge is 2.11. The summed E-state index contributed by atoms with van der Waals surface area (Å²) >= 11 is 0. The molecule has 0 aliphatic rings. The van der Waals surface area contributed by atoms with Gasteiger partial charge in [-0.05, 0) is 23.6 Å². The summed E-state index contributed by atoms with van der Waals surface area (Å²) in [5.74, 6) is 1.78. The summed E-state index contributed by atoms with van der Waals surface area (Å²) in [5.41, 5.74) is 2.20. The van der Waals surface area contributed by atoms with Gasteiger partial charge >= 0.3 is 5.69 Å². The SMILES string of the molecule is CC(C)c1cccc(Oc2ccnc3c2[nH]c(=O)n3C)c1. The quantitative estimate of drug-likeness (QED) is 0.803. The lowest BCUT2D eigenvalue weighted by Crippen LogP contribution is -2.12. The molecule has 0 unspecified atom stereocenters. The number of hydrogen-bond acceptors (Lipinski definition) is 3. The fourth-order valence-corrected chi connectivity index (χ4v) is 2.24. The Labute approximate surface area is 122 Å². The first-order valence-corrected chi connectivity index (χ1v) is 6.88. The lowest BCUT2D eigenvalue weighted by Gasteiger charge is -2.10. The van der Waals surface area contributed by atoms with E-state index >= 15 is 0 Å². The van der Waals surface area contributed by atoms with E-state index in [1.165, 1.54) is 10.1 Å². The predicted octanol–water partition coefficient (Wildman–Crippen LogP) is 3.18. The zero-order valence-electron chi connectivity index (χ0n) is 12.3. The van der Waals surface area contributed by atoms with E-state index < -0.39 is 0 Å². The Hall–Kier alpha value is -2.56. The van der Waals surface area contributed by atoms with E-state index in [0.717, 1.165) is 5.75 Å². The van der Waals surface area contributed by atoms with Crippen LogP contribution in [0.3, 0.4) is 0 Å². The zero-order valence-corrected chi connectivity index (χ0v) is 12.3. The Morgan fingerprint density at radius 1 is 1.29 bits per heavy atom. The molecule has 1 N–H and O–H groups in total. The van der Waals surface area contributed by atoms with Crippen LogP contribution < -0.4 is 10.4 Å². The largest absolute Gasteiger partial charge is 0.455 e. The van der Waals surface area contributed by atoms with E-state index in [4.69, 9.17) is 4.74 Å². The van der Waals surface area contributed by atoms with Gasteiger partial charge < -0.3 is 9.72 Å². The Morgan fingerprint density at radius 3 is 2.86 bits per heavy atom. The maximum atomic E-state index is 11.7. The number of aryl methyl sites for hydroxylation is 1. The van der Waals surface area contributed by atoms with Crippen molar-refractivity contribution in [1.82, 2.24) is 14.5 Å². The van der Waals surface area contributed by atoms with E-state index in [2.05, 4.69) is 29.9 Å². The van der Waals surface area contributed by atoms with E-state index in [9.17, 15) is 4.79 Å². The second-order valence-electron chi connectivity index (χ2n) is 5.33. The molecule has 0 bridgehead atoms. The summed E-state index contributed by atoms with van der Waals surface area (Å²) in [6.07, 6.45) is 1.64. The average Bonchev–Trinajstić information content (AvgIpc) is 2.76. The molecule has 5 heteroatoms. The molecule has 3 rings (SSSR count). The van der Waals surface area contributed by atoms with Gasteiger partial charge in [-0.2, -0.15) is 0 Å². The molecule has 0 saturated carbocycles. The number of nitrogens with zero attached hydrogens (tertiary/aromatic N) is 2. The summed E-state index contributed by atoms with van der Waals surface area (Å²) in [6.45, 7) is 4.27. The molecular weight excluding hydrogens is 266 g/mol. The molecule has 0 saturated heterocycles. The van der Waals surface area contributed by atoms with Crippen LogP contribution in [0.1, 0.15) is 25.3 Å². The third-order valence-corrected chi connectivity index (χ3v) is 3.50. The molecule has 21 heavy (non-hydrogen) atoms. The standard InChI is InChI=1S/C16H17N3O2/c1-10(2)11-5-4-6-12(9-11)21-13-7-8-17-15-14(13)18-16(20)19(15)3/h4-10H,1-3H3,(H,18,20). The molecule has 0 aliphatic carbocycles. The van der Waals surface area contributed by atoms with Gasteiger partial charge in [-0.1, -0.05) is 26.0 Å². The van der Waals surface area contributed by atoms with Crippen LogP contribution in [0.2, 0.25) is 0 Å². The first-order chi connectivity index (χ1) is 10.1. The molecule has 0 aliphatic heterocycles. The first-order valence-electron chi connectivity index (χ1n) is 6.88. The maximum absolute atomic E-state index is 11.7. The van der Waals surface area contributed by atoms with Crippen LogP contribution in [0.25, 0.3) is 11.2 Å². The fraction of sp³-hybridized carbons (Fsp3) is 0.250. The van der Waals surface area contributed by atoms with Crippen LogP contribution in [0.15, 0.2) is 41.3 Å². The number of aromatic amines is 1. The Kier molecular flexibility index (Phi) is 3.25. The van der Waals surface area contributed by atoms with Crippen molar-refractivity contribution in [3.8, 4) is 11.5 Å². The highest BCUT2D eigenvalue weighted by molar-refractivity contribution is 5.78. The van der Waals surface area contributed by atoms with Gasteiger partial charge in [0.2, 0.25) is 0 Å². The smallest absolute Gasteiger partial charge is 0.327 e.